The summed E-state index contributed by atoms with van der Waals surface area (Å²) in [5.41, 5.74) is 1.45. The molecule has 1 saturated carbocycles. The van der Waals surface area contributed by atoms with Crippen molar-refractivity contribution >= 4 is 0 Å². The van der Waals surface area contributed by atoms with Gasteiger partial charge in [0.1, 0.15) is 6.61 Å². The molecule has 0 aromatic heterocycles. The van der Waals surface area contributed by atoms with E-state index in [1.807, 2.05) is 6.08 Å². The number of hydrogen-bond donors (Lipinski definition) is 0. The molecule has 0 saturated heterocycles. The molecule has 0 N–H and O–H groups in total. The fourth-order valence-corrected chi connectivity index (χ4v) is 5.41. The largest absolute Gasteiger partial charge is 0.491 e. The normalized spacial score (nSPS) is 21.8. The summed E-state index contributed by atoms with van der Waals surface area (Å²) in [6.07, 6.45) is 12.1. The molecule has 4 rings (SSSR count). The lowest BCUT2D eigenvalue weighted by Crippen LogP contribution is -2.15. The Morgan fingerprint density at radius 2 is 1.42 bits per heavy atom. The lowest BCUT2D eigenvalue weighted by molar-refractivity contribution is 0.298. The minimum atomic E-state index is -0.990. The van der Waals surface area contributed by atoms with Crippen LogP contribution in [0.25, 0.3) is 0 Å². The highest BCUT2D eigenvalue weighted by Gasteiger charge is 2.26. The molecule has 0 heterocycles. The van der Waals surface area contributed by atoms with Crippen LogP contribution >= 0.6 is 0 Å². The quantitative estimate of drug-likeness (QED) is 0.319. The molecule has 0 amide bonds. The molecule has 194 valence electrons. The molecule has 2 aliphatic carbocycles. The minimum Gasteiger partial charge on any atom is -0.491 e. The SMILES string of the molecule is CCCC1CCC(c2ccc(OCC3=CCC(c4ccc(OCC)c(F)c4F)C=C3)c(F)c2F)CC1. The Hall–Kier alpha value is -2.76. The third-order valence-corrected chi connectivity index (χ3v) is 7.41. The van der Waals surface area contributed by atoms with Crippen molar-refractivity contribution in [3.05, 3.63) is 82.5 Å². The van der Waals surface area contributed by atoms with Gasteiger partial charge in [0.15, 0.2) is 23.1 Å². The number of benzene rings is 2. The van der Waals surface area contributed by atoms with E-state index in [0.29, 0.717) is 17.9 Å². The van der Waals surface area contributed by atoms with Gasteiger partial charge in [0.05, 0.1) is 6.61 Å². The number of hydrogen-bond acceptors (Lipinski definition) is 2. The third kappa shape index (κ3) is 5.79. The zero-order valence-electron chi connectivity index (χ0n) is 21.0. The van der Waals surface area contributed by atoms with Gasteiger partial charge in [0.25, 0.3) is 0 Å². The van der Waals surface area contributed by atoms with E-state index >= 15 is 0 Å². The molecule has 0 spiro atoms. The monoisotopic (exact) mass is 502 g/mol. The summed E-state index contributed by atoms with van der Waals surface area (Å²) >= 11 is 0. The molecule has 36 heavy (non-hydrogen) atoms. The first-order valence-electron chi connectivity index (χ1n) is 13.0. The van der Waals surface area contributed by atoms with Crippen molar-refractivity contribution in [3.8, 4) is 11.5 Å². The molecule has 2 nitrogen and oxygen atoms in total. The third-order valence-electron chi connectivity index (χ3n) is 7.41. The molecule has 2 aliphatic rings. The van der Waals surface area contributed by atoms with Gasteiger partial charge in [-0.25, -0.2) is 8.78 Å². The van der Waals surface area contributed by atoms with E-state index in [0.717, 1.165) is 37.7 Å². The van der Waals surface area contributed by atoms with Crippen molar-refractivity contribution in [3.63, 3.8) is 0 Å². The Kier molecular flexibility index (Phi) is 8.76. The van der Waals surface area contributed by atoms with Gasteiger partial charge in [-0.3, -0.25) is 0 Å². The Morgan fingerprint density at radius 1 is 0.778 bits per heavy atom. The van der Waals surface area contributed by atoms with Crippen LogP contribution < -0.4 is 9.47 Å². The Balaban J connectivity index is 1.35. The molecule has 0 aliphatic heterocycles. The van der Waals surface area contributed by atoms with E-state index in [1.165, 1.54) is 24.6 Å². The summed E-state index contributed by atoms with van der Waals surface area (Å²) in [6, 6.07) is 6.14. The summed E-state index contributed by atoms with van der Waals surface area (Å²) in [6.45, 7) is 4.19. The first-order valence-corrected chi connectivity index (χ1v) is 13.0. The van der Waals surface area contributed by atoms with Gasteiger partial charge >= 0.3 is 0 Å². The molecule has 2 aromatic carbocycles. The van der Waals surface area contributed by atoms with E-state index in [4.69, 9.17) is 9.47 Å². The molecule has 2 aromatic rings. The van der Waals surface area contributed by atoms with Gasteiger partial charge in [-0.2, -0.15) is 8.78 Å². The van der Waals surface area contributed by atoms with Crippen LogP contribution in [0.4, 0.5) is 17.6 Å². The average Bonchev–Trinajstić information content (AvgIpc) is 2.89. The smallest absolute Gasteiger partial charge is 0.200 e. The van der Waals surface area contributed by atoms with Crippen molar-refractivity contribution in [2.75, 3.05) is 13.2 Å². The van der Waals surface area contributed by atoms with E-state index in [2.05, 4.69) is 6.92 Å². The van der Waals surface area contributed by atoms with Crippen LogP contribution in [0.15, 0.2) is 48.1 Å². The lowest BCUT2D eigenvalue weighted by atomic mass is 9.77. The number of ether oxygens (including phenoxy) is 2. The van der Waals surface area contributed by atoms with Crippen molar-refractivity contribution in [2.24, 2.45) is 5.92 Å². The van der Waals surface area contributed by atoms with Gasteiger partial charge in [0.2, 0.25) is 11.6 Å². The van der Waals surface area contributed by atoms with Crippen LogP contribution in [0.2, 0.25) is 0 Å². The molecule has 1 unspecified atom stereocenters. The second kappa shape index (κ2) is 12.0. The summed E-state index contributed by atoms with van der Waals surface area (Å²) in [7, 11) is 0. The maximum Gasteiger partial charge on any atom is 0.200 e. The standard InChI is InChI=1S/C30H34F4O2/c1-3-5-19-6-10-21(11-7-19)24-15-17-26(30(34)28(24)32)36-18-20-8-12-22(13-9-20)23-14-16-25(35-4-2)29(33)27(23)31/h8-9,12,14-17,19,21-22H,3-7,10-11,13,18H2,1-2H3. The first kappa shape index (κ1) is 26.3. The molecule has 1 fully saturated rings. The maximum absolute atomic E-state index is 14.9. The van der Waals surface area contributed by atoms with Crippen LogP contribution in [0.1, 0.15) is 81.8 Å². The van der Waals surface area contributed by atoms with Crippen molar-refractivity contribution in [2.45, 2.75) is 70.6 Å². The Labute approximate surface area is 211 Å². The second-order valence-electron chi connectivity index (χ2n) is 9.77. The van der Waals surface area contributed by atoms with Gasteiger partial charge in [-0.05, 0) is 79.7 Å². The summed E-state index contributed by atoms with van der Waals surface area (Å²) in [5.74, 6) is -3.48. The van der Waals surface area contributed by atoms with Crippen LogP contribution in [0.3, 0.4) is 0 Å². The van der Waals surface area contributed by atoms with Gasteiger partial charge < -0.3 is 9.47 Å². The zero-order valence-corrected chi connectivity index (χ0v) is 21.0. The van der Waals surface area contributed by atoms with E-state index in [-0.39, 0.29) is 42.1 Å². The fourth-order valence-electron chi connectivity index (χ4n) is 5.41. The lowest BCUT2D eigenvalue weighted by Gasteiger charge is -2.29. The topological polar surface area (TPSA) is 18.5 Å². The predicted molar refractivity (Wildman–Crippen MR) is 134 cm³/mol. The van der Waals surface area contributed by atoms with Crippen molar-refractivity contribution in [1.82, 2.24) is 0 Å². The van der Waals surface area contributed by atoms with Crippen LogP contribution in [-0.2, 0) is 0 Å². The molecular weight excluding hydrogens is 468 g/mol. The number of allylic oxidation sites excluding steroid dienone is 2. The molecule has 6 heteroatoms. The summed E-state index contributed by atoms with van der Waals surface area (Å²) in [5, 5.41) is 0. The molecule has 1 atom stereocenters. The highest BCUT2D eigenvalue weighted by Crippen LogP contribution is 2.40. The van der Waals surface area contributed by atoms with E-state index in [1.54, 1.807) is 25.1 Å². The average molecular weight is 503 g/mol. The van der Waals surface area contributed by atoms with Crippen LogP contribution in [-0.4, -0.2) is 13.2 Å². The van der Waals surface area contributed by atoms with Gasteiger partial charge in [-0.1, -0.05) is 50.1 Å². The van der Waals surface area contributed by atoms with Gasteiger partial charge in [-0.15, -0.1) is 0 Å². The summed E-state index contributed by atoms with van der Waals surface area (Å²) in [4.78, 5) is 0. The minimum absolute atomic E-state index is 0.0513. The maximum atomic E-state index is 14.9. The first-order chi connectivity index (χ1) is 17.4. The summed E-state index contributed by atoms with van der Waals surface area (Å²) < 4.78 is 69.1. The predicted octanol–water partition coefficient (Wildman–Crippen LogP) is 8.76. The molecule has 0 radical (unpaired) electrons. The van der Waals surface area contributed by atoms with E-state index < -0.39 is 23.3 Å². The highest BCUT2D eigenvalue weighted by atomic mass is 19.2. The van der Waals surface area contributed by atoms with E-state index in [9.17, 15) is 17.6 Å². The number of halogens is 4. The highest BCUT2D eigenvalue weighted by molar-refractivity contribution is 5.39. The Morgan fingerprint density at radius 3 is 2.03 bits per heavy atom. The zero-order chi connectivity index (χ0) is 25.7. The van der Waals surface area contributed by atoms with Crippen molar-refractivity contribution in [1.29, 1.82) is 0 Å². The van der Waals surface area contributed by atoms with Crippen LogP contribution in [0.5, 0.6) is 11.5 Å². The van der Waals surface area contributed by atoms with Crippen molar-refractivity contribution < 1.29 is 27.0 Å². The molecule has 0 bridgehead atoms. The number of rotatable bonds is 9. The fraction of sp³-hybridized carbons (Fsp3) is 0.467. The van der Waals surface area contributed by atoms with Crippen LogP contribution in [0, 0.1) is 29.2 Å². The molecular formula is C30H34F4O2. The Bertz CT molecular complexity index is 1120. The van der Waals surface area contributed by atoms with Gasteiger partial charge in [0, 0.05) is 5.92 Å². The second-order valence-corrected chi connectivity index (χ2v) is 9.77.